The average molecular weight is 253 g/mol. The third-order valence-electron chi connectivity index (χ3n) is 3.32. The maximum atomic E-state index is 11.1. The van der Waals surface area contributed by atoms with E-state index >= 15 is 0 Å². The second kappa shape index (κ2) is 5.90. The van der Waals surface area contributed by atoms with Gasteiger partial charge in [0.2, 0.25) is 0 Å². The van der Waals surface area contributed by atoms with E-state index in [9.17, 15) is 4.79 Å². The first-order chi connectivity index (χ1) is 8.72. The summed E-state index contributed by atoms with van der Waals surface area (Å²) in [7, 11) is 0. The van der Waals surface area contributed by atoms with Crippen molar-refractivity contribution in [1.29, 1.82) is 0 Å². The normalized spacial score (nSPS) is 20.4. The van der Waals surface area contributed by atoms with Crippen molar-refractivity contribution in [2.45, 2.75) is 51.7 Å². The predicted molar refractivity (Wildman–Crippen MR) is 63.8 cm³/mol. The summed E-state index contributed by atoms with van der Waals surface area (Å²) in [5.74, 6) is 0.0108. The number of hydrogen-bond donors (Lipinski definition) is 1. The Morgan fingerprint density at radius 1 is 1.56 bits per heavy atom. The number of aliphatic carboxylic acids is 1. The summed E-state index contributed by atoms with van der Waals surface area (Å²) in [5.41, 5.74) is 0. The van der Waals surface area contributed by atoms with Crippen molar-refractivity contribution >= 4 is 5.97 Å². The number of carboxylic acids is 1. The molecule has 1 aromatic rings. The maximum Gasteiger partial charge on any atom is 0.320 e. The lowest BCUT2D eigenvalue weighted by atomic mass is 10.2. The molecule has 7 nitrogen and oxygen atoms in total. The lowest BCUT2D eigenvalue weighted by Crippen LogP contribution is -2.36. The van der Waals surface area contributed by atoms with Gasteiger partial charge in [0.1, 0.15) is 6.04 Å². The smallest absolute Gasteiger partial charge is 0.320 e. The van der Waals surface area contributed by atoms with Gasteiger partial charge in [-0.2, -0.15) is 0 Å². The van der Waals surface area contributed by atoms with Crippen molar-refractivity contribution < 1.29 is 9.90 Å². The van der Waals surface area contributed by atoms with Gasteiger partial charge in [0.05, 0.1) is 6.54 Å². The minimum absolute atomic E-state index is 0.388. The number of rotatable bonds is 6. The number of aryl methyl sites for hydroxylation is 1. The number of hydrogen-bond acceptors (Lipinski definition) is 5. The molecule has 0 saturated carbocycles. The van der Waals surface area contributed by atoms with Crippen molar-refractivity contribution in [1.82, 2.24) is 25.1 Å². The molecule has 0 aromatic carbocycles. The first-order valence-corrected chi connectivity index (χ1v) is 6.44. The number of unbranched alkanes of at least 4 members (excludes halogenated alkanes) is 1. The Morgan fingerprint density at radius 2 is 2.39 bits per heavy atom. The highest BCUT2D eigenvalue weighted by Crippen LogP contribution is 2.19. The van der Waals surface area contributed by atoms with E-state index in [0.717, 1.165) is 38.2 Å². The molecule has 0 spiro atoms. The van der Waals surface area contributed by atoms with Crippen molar-refractivity contribution in [2.75, 3.05) is 6.54 Å². The standard InChI is InChI=1S/C11H19N5O2/c1-2-3-7-16-10(12-13-14-16)8-15-6-4-5-9(15)11(17)18/h9H,2-8H2,1H3,(H,17,18). The van der Waals surface area contributed by atoms with Crippen molar-refractivity contribution in [3.05, 3.63) is 5.82 Å². The van der Waals surface area contributed by atoms with E-state index in [0.29, 0.717) is 13.0 Å². The summed E-state index contributed by atoms with van der Waals surface area (Å²) < 4.78 is 1.78. The minimum atomic E-state index is -0.750. The van der Waals surface area contributed by atoms with Crippen molar-refractivity contribution in [3.8, 4) is 0 Å². The molecule has 0 radical (unpaired) electrons. The molecule has 100 valence electrons. The van der Waals surface area contributed by atoms with Crippen LogP contribution in [-0.2, 0) is 17.9 Å². The Morgan fingerprint density at radius 3 is 3.11 bits per heavy atom. The van der Waals surface area contributed by atoms with Crippen LogP contribution in [0.4, 0.5) is 0 Å². The van der Waals surface area contributed by atoms with Crippen LogP contribution in [-0.4, -0.2) is 48.8 Å². The molecule has 1 aliphatic rings. The summed E-state index contributed by atoms with van der Waals surface area (Å²) in [4.78, 5) is 13.0. The Balaban J connectivity index is 2.00. The SMILES string of the molecule is CCCCn1nnnc1CN1CCCC1C(=O)O. The summed E-state index contributed by atoms with van der Waals surface area (Å²) in [6.07, 6.45) is 3.75. The van der Waals surface area contributed by atoms with Crippen molar-refractivity contribution in [2.24, 2.45) is 0 Å². The van der Waals surface area contributed by atoms with E-state index < -0.39 is 5.97 Å². The molecule has 18 heavy (non-hydrogen) atoms. The number of carbonyl (C=O) groups is 1. The van der Waals surface area contributed by atoms with Gasteiger partial charge in [-0.05, 0) is 36.2 Å². The van der Waals surface area contributed by atoms with E-state index in [-0.39, 0.29) is 6.04 Å². The first-order valence-electron chi connectivity index (χ1n) is 6.44. The molecule has 1 atom stereocenters. The van der Waals surface area contributed by atoms with Gasteiger partial charge >= 0.3 is 5.97 Å². The molecule has 0 aliphatic carbocycles. The highest BCUT2D eigenvalue weighted by atomic mass is 16.4. The number of likely N-dealkylation sites (tertiary alicyclic amines) is 1. The van der Waals surface area contributed by atoms with Crippen LogP contribution in [0.5, 0.6) is 0 Å². The lowest BCUT2D eigenvalue weighted by molar-refractivity contribution is -0.142. The molecule has 2 rings (SSSR count). The number of nitrogens with zero attached hydrogens (tertiary/aromatic N) is 5. The van der Waals surface area contributed by atoms with Gasteiger partial charge in [0.15, 0.2) is 5.82 Å². The molecular formula is C11H19N5O2. The zero-order chi connectivity index (χ0) is 13.0. The van der Waals surface area contributed by atoms with E-state index in [1.165, 1.54) is 0 Å². The van der Waals surface area contributed by atoms with Gasteiger partial charge in [-0.3, -0.25) is 9.69 Å². The summed E-state index contributed by atoms with van der Waals surface area (Å²) >= 11 is 0. The molecule has 0 bridgehead atoms. The molecule has 1 saturated heterocycles. The lowest BCUT2D eigenvalue weighted by Gasteiger charge is -2.20. The first kappa shape index (κ1) is 12.9. The summed E-state index contributed by atoms with van der Waals surface area (Å²) in [6, 6.07) is -0.388. The van der Waals surface area contributed by atoms with Crippen LogP contribution in [0.3, 0.4) is 0 Å². The zero-order valence-electron chi connectivity index (χ0n) is 10.6. The van der Waals surface area contributed by atoms with E-state index in [4.69, 9.17) is 5.11 Å². The third kappa shape index (κ3) is 2.84. The van der Waals surface area contributed by atoms with Crippen LogP contribution in [0.25, 0.3) is 0 Å². The van der Waals surface area contributed by atoms with Gasteiger partial charge in [-0.1, -0.05) is 13.3 Å². The fourth-order valence-electron chi connectivity index (χ4n) is 2.29. The Kier molecular flexibility index (Phi) is 4.24. The van der Waals surface area contributed by atoms with Crippen LogP contribution in [0.15, 0.2) is 0 Å². The second-order valence-electron chi connectivity index (χ2n) is 4.64. The number of aromatic nitrogens is 4. The molecule has 1 unspecified atom stereocenters. The molecule has 0 amide bonds. The van der Waals surface area contributed by atoms with Gasteiger partial charge in [-0.15, -0.1) is 5.10 Å². The number of carboxylic acid groups (broad SMARTS) is 1. The quantitative estimate of drug-likeness (QED) is 0.795. The Bertz CT molecular complexity index is 406. The van der Waals surface area contributed by atoms with Gasteiger partial charge in [0.25, 0.3) is 0 Å². The van der Waals surface area contributed by atoms with Gasteiger partial charge in [-0.25, -0.2) is 4.68 Å². The molecule has 1 N–H and O–H groups in total. The number of tetrazole rings is 1. The fourth-order valence-corrected chi connectivity index (χ4v) is 2.29. The van der Waals surface area contributed by atoms with E-state index in [1.54, 1.807) is 4.68 Å². The van der Waals surface area contributed by atoms with Crippen molar-refractivity contribution in [3.63, 3.8) is 0 Å². The molecular weight excluding hydrogens is 234 g/mol. The molecule has 2 heterocycles. The van der Waals surface area contributed by atoms with Crippen LogP contribution >= 0.6 is 0 Å². The topological polar surface area (TPSA) is 84.1 Å². The largest absolute Gasteiger partial charge is 0.480 e. The Labute approximate surface area is 106 Å². The minimum Gasteiger partial charge on any atom is -0.480 e. The maximum absolute atomic E-state index is 11.1. The predicted octanol–water partition coefficient (Wildman–Crippen LogP) is 0.522. The van der Waals surface area contributed by atoms with E-state index in [2.05, 4.69) is 22.4 Å². The molecule has 1 fully saturated rings. The second-order valence-corrected chi connectivity index (χ2v) is 4.64. The zero-order valence-corrected chi connectivity index (χ0v) is 10.6. The third-order valence-corrected chi connectivity index (χ3v) is 3.32. The van der Waals surface area contributed by atoms with Crippen LogP contribution in [0.1, 0.15) is 38.4 Å². The average Bonchev–Trinajstić information content (AvgIpc) is 2.96. The molecule has 1 aromatic heterocycles. The highest BCUT2D eigenvalue weighted by Gasteiger charge is 2.31. The van der Waals surface area contributed by atoms with Gasteiger partial charge in [0, 0.05) is 6.54 Å². The van der Waals surface area contributed by atoms with Crippen LogP contribution < -0.4 is 0 Å². The van der Waals surface area contributed by atoms with E-state index in [1.807, 2.05) is 4.90 Å². The fraction of sp³-hybridized carbons (Fsp3) is 0.818. The van der Waals surface area contributed by atoms with Crippen LogP contribution in [0.2, 0.25) is 0 Å². The monoisotopic (exact) mass is 253 g/mol. The summed E-state index contributed by atoms with van der Waals surface area (Å²) in [5, 5.41) is 20.7. The summed E-state index contributed by atoms with van der Waals surface area (Å²) in [6.45, 7) is 4.24. The highest BCUT2D eigenvalue weighted by molar-refractivity contribution is 5.73. The molecule has 7 heteroatoms. The van der Waals surface area contributed by atoms with Crippen LogP contribution in [0, 0.1) is 0 Å². The molecule has 1 aliphatic heterocycles. The Hall–Kier alpha value is -1.50. The van der Waals surface area contributed by atoms with Gasteiger partial charge < -0.3 is 5.11 Å².